The Morgan fingerprint density at radius 1 is 1.30 bits per heavy atom. The van der Waals surface area contributed by atoms with Gasteiger partial charge in [-0.15, -0.1) is 5.10 Å². The summed E-state index contributed by atoms with van der Waals surface area (Å²) >= 11 is 0. The van der Waals surface area contributed by atoms with E-state index in [1.807, 2.05) is 0 Å². The third-order valence-corrected chi connectivity index (χ3v) is 4.20. The molecule has 1 aliphatic rings. The average Bonchev–Trinajstić information content (AvgIpc) is 3.39. The number of carbonyl (C=O) groups is 2. The van der Waals surface area contributed by atoms with Gasteiger partial charge in [0.25, 0.3) is 0 Å². The molecular weight excluding hydrogens is 398 g/mol. The summed E-state index contributed by atoms with van der Waals surface area (Å²) in [4.78, 5) is 22.4. The third kappa shape index (κ3) is 5.75. The van der Waals surface area contributed by atoms with E-state index >= 15 is 0 Å². The second kappa shape index (κ2) is 10.1. The van der Waals surface area contributed by atoms with Gasteiger partial charge in [0, 0.05) is 13.8 Å². The zero-order valence-electron chi connectivity index (χ0n) is 16.5. The highest BCUT2D eigenvalue weighted by molar-refractivity contribution is 5.66. The van der Waals surface area contributed by atoms with Crippen LogP contribution in [0.4, 0.5) is 0 Å². The van der Waals surface area contributed by atoms with Crippen molar-refractivity contribution >= 4 is 11.9 Å². The van der Waals surface area contributed by atoms with Crippen LogP contribution < -0.4 is 0 Å². The van der Waals surface area contributed by atoms with E-state index in [0.717, 1.165) is 0 Å². The summed E-state index contributed by atoms with van der Waals surface area (Å²) in [5.74, 6) is -0.399. The number of hydrogen-bond acceptors (Lipinski definition) is 10. The van der Waals surface area contributed by atoms with E-state index in [4.69, 9.17) is 23.4 Å². The maximum atomic E-state index is 11.3. The van der Waals surface area contributed by atoms with Crippen LogP contribution in [0.3, 0.4) is 0 Å². The van der Waals surface area contributed by atoms with Gasteiger partial charge in [-0.3, -0.25) is 9.59 Å². The van der Waals surface area contributed by atoms with Crippen molar-refractivity contribution in [3.05, 3.63) is 48.2 Å². The highest BCUT2D eigenvalue weighted by Gasteiger charge is 2.31. The van der Waals surface area contributed by atoms with E-state index in [0.29, 0.717) is 11.5 Å². The lowest BCUT2D eigenvalue weighted by Crippen LogP contribution is -2.42. The molecule has 0 aromatic carbocycles. The van der Waals surface area contributed by atoms with Crippen LogP contribution in [-0.2, 0) is 35.1 Å². The predicted octanol–water partition coefficient (Wildman–Crippen LogP) is 0.745. The number of aliphatic hydroxyl groups excluding tert-OH is 1. The van der Waals surface area contributed by atoms with Crippen LogP contribution in [0.2, 0.25) is 0 Å². The number of aliphatic hydroxyl groups is 1. The normalized spacial score (nSPS) is 21.9. The molecule has 0 bridgehead atoms. The Labute approximate surface area is 172 Å². The minimum Gasteiger partial charge on any atom is -0.467 e. The van der Waals surface area contributed by atoms with Crippen molar-refractivity contribution in [2.24, 2.45) is 0 Å². The monoisotopic (exact) mass is 421 g/mol. The number of rotatable bonds is 9. The van der Waals surface area contributed by atoms with Crippen LogP contribution in [0.5, 0.6) is 0 Å². The molecule has 11 heteroatoms. The first-order chi connectivity index (χ1) is 14.5. The van der Waals surface area contributed by atoms with Gasteiger partial charge in [-0.05, 0) is 24.3 Å². The van der Waals surface area contributed by atoms with Crippen LogP contribution >= 0.6 is 0 Å². The molecule has 0 unspecified atom stereocenters. The number of aromatic nitrogens is 3. The van der Waals surface area contributed by atoms with Gasteiger partial charge in [-0.25, -0.2) is 4.68 Å². The van der Waals surface area contributed by atoms with Crippen LogP contribution in [0, 0.1) is 0 Å². The summed E-state index contributed by atoms with van der Waals surface area (Å²) in [6.45, 7) is 2.34. The smallest absolute Gasteiger partial charge is 0.303 e. The second-order valence-electron chi connectivity index (χ2n) is 6.52. The van der Waals surface area contributed by atoms with Gasteiger partial charge in [0.2, 0.25) is 0 Å². The molecule has 30 heavy (non-hydrogen) atoms. The Morgan fingerprint density at radius 3 is 2.80 bits per heavy atom. The van der Waals surface area contributed by atoms with Crippen molar-refractivity contribution in [3.8, 4) is 0 Å². The van der Waals surface area contributed by atoms with Crippen molar-refractivity contribution < 1.29 is 38.1 Å². The number of esters is 2. The molecule has 0 aliphatic carbocycles. The number of furan rings is 1. The van der Waals surface area contributed by atoms with Gasteiger partial charge in [-0.1, -0.05) is 5.21 Å². The SMILES string of the molecule is CC(=O)OC[C@H]1O[C@H](OCc2cn([C@@H](CO)c3ccco3)nn2)C=C[C@@H]1OC(C)=O. The molecule has 0 fully saturated rings. The molecule has 4 atom stereocenters. The Balaban J connectivity index is 1.59. The lowest BCUT2D eigenvalue weighted by atomic mass is 10.1. The molecular formula is C19H23N3O8. The molecule has 0 spiro atoms. The van der Waals surface area contributed by atoms with E-state index in [9.17, 15) is 14.7 Å². The summed E-state index contributed by atoms with van der Waals surface area (Å²) in [5, 5.41) is 17.7. The highest BCUT2D eigenvalue weighted by Crippen LogP contribution is 2.20. The van der Waals surface area contributed by atoms with Crippen LogP contribution in [-0.4, -0.2) is 63.8 Å². The minimum atomic E-state index is -0.763. The van der Waals surface area contributed by atoms with Crippen LogP contribution in [0.15, 0.2) is 41.2 Å². The van der Waals surface area contributed by atoms with Gasteiger partial charge >= 0.3 is 11.9 Å². The fourth-order valence-corrected chi connectivity index (χ4v) is 2.84. The molecule has 3 rings (SSSR count). The van der Waals surface area contributed by atoms with E-state index in [2.05, 4.69) is 10.3 Å². The van der Waals surface area contributed by atoms with Crippen molar-refractivity contribution in [3.63, 3.8) is 0 Å². The quantitative estimate of drug-likeness (QED) is 0.456. The number of carbonyl (C=O) groups excluding carboxylic acids is 2. The summed E-state index contributed by atoms with van der Waals surface area (Å²) in [6, 6.07) is 2.97. The maximum Gasteiger partial charge on any atom is 0.303 e. The summed E-state index contributed by atoms with van der Waals surface area (Å²) in [5.41, 5.74) is 0.510. The first-order valence-corrected chi connectivity index (χ1v) is 9.27. The Bertz CT molecular complexity index is 863. The van der Waals surface area contributed by atoms with E-state index in [1.54, 1.807) is 30.5 Å². The van der Waals surface area contributed by atoms with E-state index in [1.165, 1.54) is 24.8 Å². The third-order valence-electron chi connectivity index (χ3n) is 4.20. The highest BCUT2D eigenvalue weighted by atomic mass is 16.7. The summed E-state index contributed by atoms with van der Waals surface area (Å²) in [6.07, 6.45) is 4.21. The lowest BCUT2D eigenvalue weighted by Gasteiger charge is -2.31. The van der Waals surface area contributed by atoms with Crippen molar-refractivity contribution in [2.75, 3.05) is 13.2 Å². The van der Waals surface area contributed by atoms with Gasteiger partial charge < -0.3 is 28.5 Å². The molecule has 0 saturated heterocycles. The first kappa shape index (κ1) is 21.7. The molecule has 0 radical (unpaired) electrons. The summed E-state index contributed by atoms with van der Waals surface area (Å²) in [7, 11) is 0. The molecule has 1 N–H and O–H groups in total. The predicted molar refractivity (Wildman–Crippen MR) is 98.7 cm³/mol. The van der Waals surface area contributed by atoms with Crippen molar-refractivity contribution in [1.29, 1.82) is 0 Å². The van der Waals surface area contributed by atoms with Gasteiger partial charge in [-0.2, -0.15) is 0 Å². The maximum absolute atomic E-state index is 11.3. The molecule has 0 amide bonds. The van der Waals surface area contributed by atoms with Gasteiger partial charge in [0.15, 0.2) is 6.29 Å². The van der Waals surface area contributed by atoms with Gasteiger partial charge in [0.1, 0.15) is 36.3 Å². The molecule has 3 heterocycles. The van der Waals surface area contributed by atoms with Crippen molar-refractivity contribution in [2.45, 2.75) is 45.0 Å². The standard InChI is InChI=1S/C19H23N3O8/c1-12(24)27-11-18-17(29-13(2)25)5-6-19(30-18)28-10-14-8-22(21-20-14)15(9-23)16-4-3-7-26-16/h3-8,15,17-19,23H,9-11H2,1-2H3/t15-,17-,18+,19-/m0/s1. The molecule has 11 nitrogen and oxygen atoms in total. The number of nitrogens with zero attached hydrogens (tertiary/aromatic N) is 3. The van der Waals surface area contributed by atoms with E-state index < -0.39 is 36.5 Å². The molecule has 1 aliphatic heterocycles. The van der Waals surface area contributed by atoms with Crippen LogP contribution in [0.25, 0.3) is 0 Å². The molecule has 162 valence electrons. The van der Waals surface area contributed by atoms with Crippen LogP contribution in [0.1, 0.15) is 31.3 Å². The number of hydrogen-bond donors (Lipinski definition) is 1. The fraction of sp³-hybridized carbons (Fsp3) is 0.474. The Morgan fingerprint density at radius 2 is 2.13 bits per heavy atom. The first-order valence-electron chi connectivity index (χ1n) is 9.27. The van der Waals surface area contributed by atoms with E-state index in [-0.39, 0.29) is 19.8 Å². The number of ether oxygens (including phenoxy) is 4. The zero-order valence-corrected chi connectivity index (χ0v) is 16.5. The second-order valence-corrected chi connectivity index (χ2v) is 6.52. The topological polar surface area (TPSA) is 135 Å². The average molecular weight is 421 g/mol. The fourth-order valence-electron chi connectivity index (χ4n) is 2.84. The Kier molecular flexibility index (Phi) is 7.33. The lowest BCUT2D eigenvalue weighted by molar-refractivity contribution is -0.200. The largest absolute Gasteiger partial charge is 0.467 e. The zero-order chi connectivity index (χ0) is 21.5. The Hall–Kier alpha value is -3.02. The minimum absolute atomic E-state index is 0.0732. The molecule has 2 aromatic rings. The van der Waals surface area contributed by atoms with Crippen molar-refractivity contribution in [1.82, 2.24) is 15.0 Å². The molecule has 0 saturated carbocycles. The molecule has 2 aromatic heterocycles. The van der Waals surface area contributed by atoms with Gasteiger partial charge in [0.05, 0.1) is 25.7 Å². The summed E-state index contributed by atoms with van der Waals surface area (Å²) < 4.78 is 28.4.